The van der Waals surface area contributed by atoms with Gasteiger partial charge in [0.15, 0.2) is 11.5 Å². The largest absolute Gasteiger partial charge is 0.493 e. The minimum Gasteiger partial charge on any atom is -0.493 e. The van der Waals surface area contributed by atoms with Gasteiger partial charge in [0.1, 0.15) is 0 Å². The van der Waals surface area contributed by atoms with Crippen molar-refractivity contribution in [1.82, 2.24) is 5.32 Å². The van der Waals surface area contributed by atoms with Gasteiger partial charge in [-0.25, -0.2) is 0 Å². The summed E-state index contributed by atoms with van der Waals surface area (Å²) in [5, 5.41) is 2.76. The van der Waals surface area contributed by atoms with Crippen LogP contribution in [0.25, 0.3) is 0 Å². The third-order valence-electron chi connectivity index (χ3n) is 2.69. The maximum Gasteiger partial charge on any atom is 0.255 e. The van der Waals surface area contributed by atoms with Crippen molar-refractivity contribution in [2.45, 2.75) is 19.4 Å². The molecule has 0 heterocycles. The fourth-order valence-electron chi connectivity index (χ4n) is 1.48. The Hall–Kier alpha value is -1.82. The van der Waals surface area contributed by atoms with Crippen LogP contribution >= 0.6 is 12.2 Å². The molecule has 0 bridgehead atoms. The lowest BCUT2D eigenvalue weighted by Gasteiger charge is -2.25. The molecule has 1 aromatic carbocycles. The smallest absolute Gasteiger partial charge is 0.255 e. The number of thiocarbonyl (C=S) groups is 1. The van der Waals surface area contributed by atoms with Crippen LogP contribution in [-0.2, 0) is 0 Å². The Kier molecular flexibility index (Phi) is 4.72. The maximum atomic E-state index is 12.3. The SMILES string of the molecule is COc1cccc(C(=O)NC(C)(C)C(N)=S)c1OC. The van der Waals surface area contributed by atoms with Gasteiger partial charge in [0, 0.05) is 0 Å². The second-order valence-corrected chi connectivity index (χ2v) is 4.92. The van der Waals surface area contributed by atoms with E-state index in [1.807, 2.05) is 0 Å². The first-order valence-corrected chi connectivity index (χ1v) is 6.07. The second kappa shape index (κ2) is 5.88. The zero-order valence-corrected chi connectivity index (χ0v) is 12.3. The fourth-order valence-corrected chi connectivity index (χ4v) is 1.53. The number of hydrogen-bond donors (Lipinski definition) is 2. The highest BCUT2D eigenvalue weighted by atomic mass is 32.1. The van der Waals surface area contributed by atoms with Gasteiger partial charge in [-0.2, -0.15) is 0 Å². The molecule has 0 aliphatic carbocycles. The van der Waals surface area contributed by atoms with E-state index in [9.17, 15) is 4.79 Å². The zero-order chi connectivity index (χ0) is 14.6. The summed E-state index contributed by atoms with van der Waals surface area (Å²) in [4.78, 5) is 12.5. The van der Waals surface area contributed by atoms with Crippen molar-refractivity contribution in [3.05, 3.63) is 23.8 Å². The fraction of sp³-hybridized carbons (Fsp3) is 0.385. The monoisotopic (exact) mass is 282 g/mol. The quantitative estimate of drug-likeness (QED) is 0.801. The van der Waals surface area contributed by atoms with E-state index in [4.69, 9.17) is 27.4 Å². The highest BCUT2D eigenvalue weighted by molar-refractivity contribution is 7.80. The number of carbonyl (C=O) groups is 1. The molecule has 0 unspecified atom stereocenters. The van der Waals surface area contributed by atoms with Crippen LogP contribution in [0.5, 0.6) is 11.5 Å². The van der Waals surface area contributed by atoms with Crippen LogP contribution in [0.3, 0.4) is 0 Å². The molecular formula is C13H18N2O3S. The van der Waals surface area contributed by atoms with Crippen LogP contribution in [0.2, 0.25) is 0 Å². The van der Waals surface area contributed by atoms with Crippen molar-refractivity contribution in [3.8, 4) is 11.5 Å². The Balaban J connectivity index is 3.10. The van der Waals surface area contributed by atoms with Gasteiger partial charge in [0.05, 0.1) is 30.3 Å². The zero-order valence-electron chi connectivity index (χ0n) is 11.4. The highest BCUT2D eigenvalue weighted by Crippen LogP contribution is 2.30. The molecule has 0 aliphatic heterocycles. The second-order valence-electron chi connectivity index (χ2n) is 4.48. The summed E-state index contributed by atoms with van der Waals surface area (Å²) in [5.74, 6) is 0.540. The summed E-state index contributed by atoms with van der Waals surface area (Å²) < 4.78 is 10.4. The number of nitrogens with two attached hydrogens (primary N) is 1. The molecule has 104 valence electrons. The number of ether oxygens (including phenoxy) is 2. The van der Waals surface area contributed by atoms with E-state index in [1.165, 1.54) is 14.2 Å². The Labute approximate surface area is 118 Å². The van der Waals surface area contributed by atoms with Gasteiger partial charge >= 0.3 is 0 Å². The molecule has 0 aliphatic rings. The van der Waals surface area contributed by atoms with Gasteiger partial charge in [0.25, 0.3) is 5.91 Å². The first-order chi connectivity index (χ1) is 8.83. The van der Waals surface area contributed by atoms with Crippen LogP contribution in [0, 0.1) is 0 Å². The summed E-state index contributed by atoms with van der Waals surface area (Å²) in [6, 6.07) is 5.07. The summed E-state index contributed by atoms with van der Waals surface area (Å²) in [6.07, 6.45) is 0. The molecule has 3 N–H and O–H groups in total. The number of amides is 1. The molecular weight excluding hydrogens is 264 g/mol. The number of hydrogen-bond acceptors (Lipinski definition) is 4. The lowest BCUT2D eigenvalue weighted by molar-refractivity contribution is 0.0928. The number of benzene rings is 1. The van der Waals surface area contributed by atoms with Gasteiger partial charge in [-0.1, -0.05) is 18.3 Å². The lowest BCUT2D eigenvalue weighted by Crippen LogP contribution is -2.52. The molecule has 0 atom stereocenters. The summed E-state index contributed by atoms with van der Waals surface area (Å²) in [7, 11) is 2.99. The van der Waals surface area contributed by atoms with E-state index in [0.29, 0.717) is 17.1 Å². The van der Waals surface area contributed by atoms with Gasteiger partial charge in [0.2, 0.25) is 0 Å². The van der Waals surface area contributed by atoms with Gasteiger partial charge in [-0.3, -0.25) is 4.79 Å². The van der Waals surface area contributed by atoms with E-state index in [1.54, 1.807) is 32.0 Å². The van der Waals surface area contributed by atoms with E-state index in [2.05, 4.69) is 5.32 Å². The molecule has 1 aromatic rings. The van der Waals surface area contributed by atoms with Crippen LogP contribution in [-0.4, -0.2) is 30.7 Å². The van der Waals surface area contributed by atoms with Gasteiger partial charge < -0.3 is 20.5 Å². The third-order valence-corrected chi connectivity index (χ3v) is 3.20. The van der Waals surface area contributed by atoms with Crippen molar-refractivity contribution >= 4 is 23.1 Å². The maximum absolute atomic E-state index is 12.3. The molecule has 19 heavy (non-hydrogen) atoms. The van der Waals surface area contributed by atoms with Crippen LogP contribution in [0.1, 0.15) is 24.2 Å². The molecule has 0 aromatic heterocycles. The minimum atomic E-state index is -0.777. The standard InChI is InChI=1S/C13H18N2O3S/c1-13(2,12(14)19)15-11(16)8-6-5-7-9(17-3)10(8)18-4/h5-7H,1-4H3,(H2,14,19)(H,15,16). The van der Waals surface area contributed by atoms with Gasteiger partial charge in [-0.15, -0.1) is 0 Å². The number of nitrogens with one attached hydrogen (secondary N) is 1. The Morgan fingerprint density at radius 2 is 1.95 bits per heavy atom. The first kappa shape index (κ1) is 15.2. The normalized spacial score (nSPS) is 10.7. The van der Waals surface area contributed by atoms with Crippen LogP contribution in [0.15, 0.2) is 18.2 Å². The average molecular weight is 282 g/mol. The third kappa shape index (κ3) is 3.35. The number of carbonyl (C=O) groups excluding carboxylic acids is 1. The van der Waals surface area contributed by atoms with E-state index in [0.717, 1.165) is 0 Å². The molecule has 0 fully saturated rings. The number of rotatable bonds is 5. The number of methoxy groups -OCH3 is 2. The van der Waals surface area contributed by atoms with E-state index >= 15 is 0 Å². The van der Waals surface area contributed by atoms with E-state index in [-0.39, 0.29) is 10.9 Å². The highest BCUT2D eigenvalue weighted by Gasteiger charge is 2.26. The van der Waals surface area contributed by atoms with Crippen molar-refractivity contribution in [2.75, 3.05) is 14.2 Å². The summed E-state index contributed by atoms with van der Waals surface area (Å²) >= 11 is 4.92. The molecule has 1 rings (SSSR count). The number of para-hydroxylation sites is 1. The molecule has 0 spiro atoms. The van der Waals surface area contributed by atoms with Crippen molar-refractivity contribution in [2.24, 2.45) is 5.73 Å². The van der Waals surface area contributed by atoms with Crippen LogP contribution in [0.4, 0.5) is 0 Å². The molecule has 5 nitrogen and oxygen atoms in total. The summed E-state index contributed by atoms with van der Waals surface area (Å²) in [5.41, 5.74) is 5.17. The molecule has 0 radical (unpaired) electrons. The molecule has 1 amide bonds. The predicted molar refractivity (Wildman–Crippen MR) is 77.9 cm³/mol. The Morgan fingerprint density at radius 1 is 1.32 bits per heavy atom. The molecule has 0 saturated carbocycles. The molecule has 6 heteroatoms. The average Bonchev–Trinajstić information content (AvgIpc) is 2.36. The van der Waals surface area contributed by atoms with Crippen molar-refractivity contribution in [3.63, 3.8) is 0 Å². The Bertz CT molecular complexity index is 501. The lowest BCUT2D eigenvalue weighted by atomic mass is 10.0. The van der Waals surface area contributed by atoms with Crippen LogP contribution < -0.4 is 20.5 Å². The minimum absolute atomic E-state index is 0.211. The Morgan fingerprint density at radius 3 is 2.42 bits per heavy atom. The predicted octanol–water partition coefficient (Wildman–Crippen LogP) is 1.50. The first-order valence-electron chi connectivity index (χ1n) is 5.67. The molecule has 0 saturated heterocycles. The summed E-state index contributed by atoms with van der Waals surface area (Å²) in [6.45, 7) is 3.47. The van der Waals surface area contributed by atoms with Gasteiger partial charge in [-0.05, 0) is 26.0 Å². The van der Waals surface area contributed by atoms with Crippen molar-refractivity contribution in [1.29, 1.82) is 0 Å². The topological polar surface area (TPSA) is 73.6 Å². The van der Waals surface area contributed by atoms with Crippen molar-refractivity contribution < 1.29 is 14.3 Å². The van der Waals surface area contributed by atoms with E-state index < -0.39 is 5.54 Å².